The summed E-state index contributed by atoms with van der Waals surface area (Å²) < 4.78 is 11.2. The van der Waals surface area contributed by atoms with Crippen LogP contribution in [0.25, 0.3) is 11.0 Å². The zero-order valence-corrected chi connectivity index (χ0v) is 12.1. The van der Waals surface area contributed by atoms with Gasteiger partial charge in [0.25, 0.3) is 0 Å². The van der Waals surface area contributed by atoms with Crippen LogP contribution in [0.5, 0.6) is 5.75 Å². The topological polar surface area (TPSA) is 39.4 Å². The van der Waals surface area contributed by atoms with E-state index in [1.54, 1.807) is 0 Å². The Labute approximate surface area is 118 Å². The predicted octanol–water partition coefficient (Wildman–Crippen LogP) is 3.71. The van der Waals surface area contributed by atoms with E-state index in [-0.39, 0.29) is 5.63 Å². The number of benzene rings is 1. The molecule has 0 spiro atoms. The van der Waals surface area contributed by atoms with E-state index >= 15 is 0 Å². The molecule has 1 aromatic heterocycles. The summed E-state index contributed by atoms with van der Waals surface area (Å²) in [5, 5.41) is 1.06. The van der Waals surface area contributed by atoms with E-state index < -0.39 is 0 Å². The fourth-order valence-electron chi connectivity index (χ4n) is 2.77. The zero-order valence-electron chi connectivity index (χ0n) is 12.1. The van der Waals surface area contributed by atoms with Gasteiger partial charge in [0.1, 0.15) is 11.3 Å². The molecule has 2 aromatic rings. The van der Waals surface area contributed by atoms with Crippen molar-refractivity contribution in [3.05, 3.63) is 39.7 Å². The molecule has 0 fully saturated rings. The largest absolute Gasteiger partial charge is 0.493 e. The zero-order chi connectivity index (χ0) is 14.1. The number of hydrogen-bond donors (Lipinski definition) is 0. The maximum absolute atomic E-state index is 11.9. The predicted molar refractivity (Wildman–Crippen MR) is 79.5 cm³/mol. The van der Waals surface area contributed by atoms with Crippen molar-refractivity contribution in [3.8, 4) is 5.75 Å². The minimum Gasteiger partial charge on any atom is -0.493 e. The van der Waals surface area contributed by atoms with Gasteiger partial charge in [0.15, 0.2) is 0 Å². The lowest BCUT2D eigenvalue weighted by Crippen LogP contribution is -2.07. The quantitative estimate of drug-likeness (QED) is 0.796. The summed E-state index contributed by atoms with van der Waals surface area (Å²) in [5.41, 5.74) is 2.51. The van der Waals surface area contributed by atoms with Crippen LogP contribution in [0.1, 0.15) is 37.8 Å². The van der Waals surface area contributed by atoms with Gasteiger partial charge < -0.3 is 9.15 Å². The van der Waals surface area contributed by atoms with Gasteiger partial charge in [0, 0.05) is 17.0 Å². The second-order valence-electron chi connectivity index (χ2n) is 5.89. The van der Waals surface area contributed by atoms with E-state index in [2.05, 4.69) is 13.8 Å². The monoisotopic (exact) mass is 272 g/mol. The van der Waals surface area contributed by atoms with Gasteiger partial charge in [-0.25, -0.2) is 4.79 Å². The standard InChI is InChI=1S/C17H20O3/c1-11(2)8-9-19-12-6-7-14-13-4-3-5-15(13)17(18)20-16(14)10-12/h6-7,10-11H,3-5,8-9H2,1-2H3. The summed E-state index contributed by atoms with van der Waals surface area (Å²) in [6.07, 6.45) is 3.89. The molecule has 0 amide bonds. The molecule has 0 saturated heterocycles. The highest BCUT2D eigenvalue weighted by Gasteiger charge is 2.19. The average Bonchev–Trinajstić information content (AvgIpc) is 2.88. The van der Waals surface area contributed by atoms with Gasteiger partial charge in [-0.2, -0.15) is 0 Å². The summed E-state index contributed by atoms with van der Waals surface area (Å²) in [4.78, 5) is 11.9. The minimum absolute atomic E-state index is 0.177. The summed E-state index contributed by atoms with van der Waals surface area (Å²) in [5.74, 6) is 1.40. The van der Waals surface area contributed by atoms with Gasteiger partial charge in [-0.15, -0.1) is 0 Å². The van der Waals surface area contributed by atoms with E-state index in [1.165, 1.54) is 5.56 Å². The molecule has 0 atom stereocenters. The Morgan fingerprint density at radius 1 is 1.25 bits per heavy atom. The molecule has 1 aromatic carbocycles. The molecule has 1 heterocycles. The minimum atomic E-state index is -0.177. The smallest absolute Gasteiger partial charge is 0.339 e. The summed E-state index contributed by atoms with van der Waals surface area (Å²) in [6.45, 7) is 5.04. The van der Waals surface area contributed by atoms with Crippen LogP contribution in [0.15, 0.2) is 27.4 Å². The van der Waals surface area contributed by atoms with Gasteiger partial charge in [-0.05, 0) is 49.3 Å². The maximum Gasteiger partial charge on any atom is 0.339 e. The molecule has 0 radical (unpaired) electrons. The van der Waals surface area contributed by atoms with Crippen molar-refractivity contribution < 1.29 is 9.15 Å². The number of ether oxygens (including phenoxy) is 1. The molecular formula is C17H20O3. The molecule has 3 heteroatoms. The highest BCUT2D eigenvalue weighted by molar-refractivity contribution is 5.83. The molecular weight excluding hydrogens is 252 g/mol. The van der Waals surface area contributed by atoms with Gasteiger partial charge in [-0.3, -0.25) is 0 Å². The second-order valence-corrected chi connectivity index (χ2v) is 5.89. The molecule has 106 valence electrons. The Bertz CT molecular complexity index is 682. The van der Waals surface area contributed by atoms with Crippen molar-refractivity contribution in [2.45, 2.75) is 39.5 Å². The molecule has 0 saturated carbocycles. The van der Waals surface area contributed by atoms with Crippen LogP contribution in [0, 0.1) is 5.92 Å². The lowest BCUT2D eigenvalue weighted by atomic mass is 10.1. The lowest BCUT2D eigenvalue weighted by molar-refractivity contribution is 0.289. The van der Waals surface area contributed by atoms with Crippen LogP contribution < -0.4 is 10.4 Å². The lowest BCUT2D eigenvalue weighted by Gasteiger charge is -2.09. The van der Waals surface area contributed by atoms with Crippen LogP contribution in [0.4, 0.5) is 0 Å². The SMILES string of the molecule is CC(C)CCOc1ccc2c3c(c(=O)oc2c1)CCC3. The van der Waals surface area contributed by atoms with Crippen molar-refractivity contribution in [1.82, 2.24) is 0 Å². The summed E-state index contributed by atoms with van der Waals surface area (Å²) >= 11 is 0. The molecule has 3 nitrogen and oxygen atoms in total. The number of fused-ring (bicyclic) bond motifs is 3. The van der Waals surface area contributed by atoms with Gasteiger partial charge in [-0.1, -0.05) is 13.8 Å². The van der Waals surface area contributed by atoms with E-state index in [1.807, 2.05) is 18.2 Å². The third-order valence-electron chi connectivity index (χ3n) is 3.91. The Morgan fingerprint density at radius 3 is 2.85 bits per heavy atom. The molecule has 0 N–H and O–H groups in total. The highest BCUT2D eigenvalue weighted by Crippen LogP contribution is 2.29. The van der Waals surface area contributed by atoms with Crippen LogP contribution in [0.2, 0.25) is 0 Å². The first kappa shape index (κ1) is 13.2. The summed E-state index contributed by atoms with van der Waals surface area (Å²) in [7, 11) is 0. The molecule has 3 rings (SSSR count). The Balaban J connectivity index is 1.92. The first-order valence-electron chi connectivity index (χ1n) is 7.36. The normalized spacial score (nSPS) is 13.9. The molecule has 0 bridgehead atoms. The Kier molecular flexibility index (Phi) is 3.51. The molecule has 0 unspecified atom stereocenters. The van der Waals surface area contributed by atoms with Crippen LogP contribution >= 0.6 is 0 Å². The van der Waals surface area contributed by atoms with Crippen LogP contribution in [-0.2, 0) is 12.8 Å². The van der Waals surface area contributed by atoms with Gasteiger partial charge >= 0.3 is 5.63 Å². The molecule has 0 aliphatic heterocycles. The Hall–Kier alpha value is -1.77. The number of hydrogen-bond acceptors (Lipinski definition) is 3. The number of aryl methyl sites for hydroxylation is 1. The van der Waals surface area contributed by atoms with Crippen molar-refractivity contribution in [1.29, 1.82) is 0 Å². The van der Waals surface area contributed by atoms with E-state index in [0.717, 1.165) is 42.4 Å². The fraction of sp³-hybridized carbons (Fsp3) is 0.471. The Morgan fingerprint density at radius 2 is 2.05 bits per heavy atom. The first-order chi connectivity index (χ1) is 9.65. The van der Waals surface area contributed by atoms with Crippen LogP contribution in [-0.4, -0.2) is 6.61 Å². The third-order valence-corrected chi connectivity index (χ3v) is 3.91. The highest BCUT2D eigenvalue weighted by atomic mass is 16.5. The molecule has 20 heavy (non-hydrogen) atoms. The van der Waals surface area contributed by atoms with Crippen molar-refractivity contribution >= 4 is 11.0 Å². The fourth-order valence-corrected chi connectivity index (χ4v) is 2.77. The van der Waals surface area contributed by atoms with Crippen LogP contribution in [0.3, 0.4) is 0 Å². The van der Waals surface area contributed by atoms with Gasteiger partial charge in [0.05, 0.1) is 6.61 Å². The third kappa shape index (κ3) is 2.45. The number of rotatable bonds is 4. The first-order valence-corrected chi connectivity index (χ1v) is 7.36. The second kappa shape index (κ2) is 5.31. The van der Waals surface area contributed by atoms with Crippen molar-refractivity contribution in [2.75, 3.05) is 6.61 Å². The van der Waals surface area contributed by atoms with Crippen molar-refractivity contribution in [2.24, 2.45) is 5.92 Å². The molecule has 1 aliphatic carbocycles. The van der Waals surface area contributed by atoms with Crippen molar-refractivity contribution in [3.63, 3.8) is 0 Å². The van der Waals surface area contributed by atoms with Gasteiger partial charge in [0.2, 0.25) is 0 Å². The van der Waals surface area contributed by atoms with E-state index in [0.29, 0.717) is 18.1 Å². The van der Waals surface area contributed by atoms with E-state index in [9.17, 15) is 4.79 Å². The summed E-state index contributed by atoms with van der Waals surface area (Å²) in [6, 6.07) is 5.84. The average molecular weight is 272 g/mol. The molecule has 1 aliphatic rings. The maximum atomic E-state index is 11.9. The van der Waals surface area contributed by atoms with E-state index in [4.69, 9.17) is 9.15 Å².